The van der Waals surface area contributed by atoms with E-state index in [-0.39, 0.29) is 5.41 Å². The number of aliphatic hydroxyl groups excluding tert-OH is 1. The smallest absolute Gasteiger partial charge is 0.237 e. The van der Waals surface area contributed by atoms with Crippen LogP contribution in [0.15, 0.2) is 60.9 Å². The molecule has 1 heterocycles. The molecule has 0 saturated heterocycles. The number of methoxy groups -OCH3 is 1. The molecule has 0 fully saturated rings. The highest BCUT2D eigenvalue weighted by molar-refractivity contribution is 5.43. The van der Waals surface area contributed by atoms with Crippen LogP contribution in [-0.2, 0) is 5.41 Å². The minimum Gasteiger partial charge on any atom is -0.497 e. The Morgan fingerprint density at radius 3 is 1.83 bits per heavy atom. The van der Waals surface area contributed by atoms with Gasteiger partial charge in [-0.25, -0.2) is 4.98 Å². The Labute approximate surface area is 172 Å². The molecule has 1 aromatic heterocycles. The largest absolute Gasteiger partial charge is 0.497 e. The van der Waals surface area contributed by atoms with E-state index in [2.05, 4.69) is 48.1 Å². The lowest BCUT2D eigenvalue weighted by Crippen LogP contribution is -2.25. The summed E-state index contributed by atoms with van der Waals surface area (Å²) in [6, 6.07) is 16.5. The van der Waals surface area contributed by atoms with Gasteiger partial charge in [0.2, 0.25) is 5.88 Å². The van der Waals surface area contributed by atoms with Crippen molar-refractivity contribution in [1.29, 1.82) is 0 Å². The van der Waals surface area contributed by atoms with Crippen LogP contribution in [-0.4, -0.2) is 22.2 Å². The standard InChI is InChI=1S/C24H28N2O3/c1-5-24(6-2,18-7-11-20(28-4)12-8-18)19-9-13-21(14-10-19)29-23-16-25-22(15-26-23)17(3)27/h7-17,27H,5-6H2,1-4H3. The van der Waals surface area contributed by atoms with Gasteiger partial charge >= 0.3 is 0 Å². The molecule has 0 saturated carbocycles. The Hall–Kier alpha value is -2.92. The van der Waals surface area contributed by atoms with Gasteiger partial charge in [-0.15, -0.1) is 0 Å². The number of benzene rings is 2. The van der Waals surface area contributed by atoms with Gasteiger partial charge in [-0.2, -0.15) is 0 Å². The molecule has 5 nitrogen and oxygen atoms in total. The summed E-state index contributed by atoms with van der Waals surface area (Å²) in [5.74, 6) is 1.96. The first-order valence-corrected chi connectivity index (χ1v) is 9.95. The van der Waals surface area contributed by atoms with Gasteiger partial charge in [0.1, 0.15) is 11.5 Å². The van der Waals surface area contributed by atoms with Gasteiger partial charge in [0.15, 0.2) is 0 Å². The quantitative estimate of drug-likeness (QED) is 0.553. The number of nitrogens with zero attached hydrogens (tertiary/aromatic N) is 2. The Bertz CT molecular complexity index is 900. The van der Waals surface area contributed by atoms with Crippen molar-refractivity contribution in [2.75, 3.05) is 7.11 Å². The molecule has 29 heavy (non-hydrogen) atoms. The van der Waals surface area contributed by atoms with Crippen LogP contribution in [0.4, 0.5) is 0 Å². The van der Waals surface area contributed by atoms with Crippen molar-refractivity contribution in [3.63, 3.8) is 0 Å². The summed E-state index contributed by atoms with van der Waals surface area (Å²) in [4.78, 5) is 8.37. The van der Waals surface area contributed by atoms with E-state index in [0.717, 1.165) is 18.6 Å². The summed E-state index contributed by atoms with van der Waals surface area (Å²) < 4.78 is 11.1. The highest BCUT2D eigenvalue weighted by Crippen LogP contribution is 2.40. The van der Waals surface area contributed by atoms with Crippen molar-refractivity contribution in [3.8, 4) is 17.4 Å². The SMILES string of the molecule is CCC(CC)(c1ccc(OC)cc1)c1ccc(Oc2cnc(C(C)O)cn2)cc1. The summed E-state index contributed by atoms with van der Waals surface area (Å²) in [6.07, 6.45) is 4.38. The number of hydrogen-bond acceptors (Lipinski definition) is 5. The van der Waals surface area contributed by atoms with Gasteiger partial charge in [0, 0.05) is 5.41 Å². The van der Waals surface area contributed by atoms with Crippen LogP contribution < -0.4 is 9.47 Å². The number of ether oxygens (including phenoxy) is 2. The van der Waals surface area contributed by atoms with E-state index < -0.39 is 6.10 Å². The van der Waals surface area contributed by atoms with Crippen LogP contribution in [0, 0.1) is 0 Å². The fourth-order valence-corrected chi connectivity index (χ4v) is 3.70. The van der Waals surface area contributed by atoms with Crippen LogP contribution in [0.3, 0.4) is 0 Å². The maximum atomic E-state index is 9.53. The Morgan fingerprint density at radius 2 is 1.41 bits per heavy atom. The normalized spacial score (nSPS) is 12.4. The molecular weight excluding hydrogens is 364 g/mol. The number of aliphatic hydroxyl groups is 1. The molecule has 0 aliphatic heterocycles. The van der Waals surface area contributed by atoms with Crippen molar-refractivity contribution < 1.29 is 14.6 Å². The molecule has 3 aromatic rings. The highest BCUT2D eigenvalue weighted by atomic mass is 16.5. The molecular formula is C24H28N2O3. The first kappa shape index (κ1) is 20.8. The van der Waals surface area contributed by atoms with E-state index in [9.17, 15) is 5.11 Å². The second-order valence-electron chi connectivity index (χ2n) is 7.10. The van der Waals surface area contributed by atoms with Crippen LogP contribution in [0.25, 0.3) is 0 Å². The van der Waals surface area contributed by atoms with E-state index in [1.54, 1.807) is 14.0 Å². The summed E-state index contributed by atoms with van der Waals surface area (Å²) in [5, 5.41) is 9.53. The van der Waals surface area contributed by atoms with E-state index in [1.165, 1.54) is 23.5 Å². The topological polar surface area (TPSA) is 64.5 Å². The van der Waals surface area contributed by atoms with Gasteiger partial charge < -0.3 is 14.6 Å². The molecule has 0 aliphatic rings. The maximum Gasteiger partial charge on any atom is 0.237 e. The van der Waals surface area contributed by atoms with Crippen molar-refractivity contribution in [1.82, 2.24) is 9.97 Å². The van der Waals surface area contributed by atoms with Crippen molar-refractivity contribution >= 4 is 0 Å². The number of hydrogen-bond donors (Lipinski definition) is 1. The summed E-state index contributed by atoms with van der Waals surface area (Å²) in [7, 11) is 1.68. The molecule has 0 amide bonds. The number of aromatic nitrogens is 2. The average Bonchev–Trinajstić information content (AvgIpc) is 2.77. The predicted molar refractivity (Wildman–Crippen MR) is 114 cm³/mol. The van der Waals surface area contributed by atoms with Gasteiger partial charge in [-0.05, 0) is 55.2 Å². The van der Waals surface area contributed by atoms with E-state index in [1.807, 2.05) is 24.3 Å². The first-order valence-electron chi connectivity index (χ1n) is 9.95. The fourth-order valence-electron chi connectivity index (χ4n) is 3.70. The summed E-state index contributed by atoms with van der Waals surface area (Å²) >= 11 is 0. The molecule has 1 N–H and O–H groups in total. The van der Waals surface area contributed by atoms with E-state index >= 15 is 0 Å². The van der Waals surface area contributed by atoms with Gasteiger partial charge in [-0.1, -0.05) is 38.1 Å². The Balaban J connectivity index is 1.83. The van der Waals surface area contributed by atoms with Crippen LogP contribution in [0.5, 0.6) is 17.4 Å². The van der Waals surface area contributed by atoms with E-state index in [4.69, 9.17) is 9.47 Å². The lowest BCUT2D eigenvalue weighted by molar-refractivity contribution is 0.193. The Morgan fingerprint density at radius 1 is 0.862 bits per heavy atom. The average molecular weight is 392 g/mol. The van der Waals surface area contributed by atoms with Crippen molar-refractivity contribution in [2.24, 2.45) is 0 Å². The maximum absolute atomic E-state index is 9.53. The molecule has 3 rings (SSSR count). The van der Waals surface area contributed by atoms with Crippen LogP contribution in [0.2, 0.25) is 0 Å². The van der Waals surface area contributed by atoms with Crippen molar-refractivity contribution in [2.45, 2.75) is 45.1 Å². The van der Waals surface area contributed by atoms with Crippen molar-refractivity contribution in [3.05, 3.63) is 77.7 Å². The third kappa shape index (κ3) is 4.40. The minimum atomic E-state index is -0.648. The molecule has 152 valence electrons. The molecule has 1 unspecified atom stereocenters. The zero-order valence-corrected chi connectivity index (χ0v) is 17.4. The first-order chi connectivity index (χ1) is 14.0. The molecule has 0 spiro atoms. The summed E-state index contributed by atoms with van der Waals surface area (Å²) in [5.41, 5.74) is 2.97. The fraction of sp³-hybridized carbons (Fsp3) is 0.333. The third-order valence-electron chi connectivity index (χ3n) is 5.56. The molecule has 0 aliphatic carbocycles. The van der Waals surface area contributed by atoms with E-state index in [0.29, 0.717) is 17.3 Å². The van der Waals surface area contributed by atoms with Gasteiger partial charge in [-0.3, -0.25) is 4.98 Å². The minimum absolute atomic E-state index is 0.0660. The van der Waals surface area contributed by atoms with Crippen LogP contribution in [0.1, 0.15) is 56.5 Å². The number of rotatable bonds is 8. The predicted octanol–water partition coefficient (Wildman–Crippen LogP) is 5.44. The highest BCUT2D eigenvalue weighted by Gasteiger charge is 2.30. The lowest BCUT2D eigenvalue weighted by atomic mass is 9.70. The molecule has 0 radical (unpaired) electrons. The molecule has 2 aromatic carbocycles. The molecule has 1 atom stereocenters. The zero-order chi connectivity index (χ0) is 20.9. The zero-order valence-electron chi connectivity index (χ0n) is 17.4. The second-order valence-corrected chi connectivity index (χ2v) is 7.10. The van der Waals surface area contributed by atoms with Gasteiger partial charge in [0.05, 0.1) is 31.3 Å². The molecule has 5 heteroatoms. The molecule has 0 bridgehead atoms. The lowest BCUT2D eigenvalue weighted by Gasteiger charge is -2.33. The van der Waals surface area contributed by atoms with Crippen LogP contribution >= 0.6 is 0 Å². The third-order valence-corrected chi connectivity index (χ3v) is 5.56. The van der Waals surface area contributed by atoms with Gasteiger partial charge in [0.25, 0.3) is 0 Å². The Kier molecular flexibility index (Phi) is 6.49. The monoisotopic (exact) mass is 392 g/mol. The second kappa shape index (κ2) is 9.05. The summed E-state index contributed by atoms with van der Waals surface area (Å²) in [6.45, 7) is 6.09.